The first-order valence-corrected chi connectivity index (χ1v) is 11.8. The third-order valence-corrected chi connectivity index (χ3v) is 6.98. The fraction of sp³-hybridized carbons (Fsp3) is 0.385. The van der Waals surface area contributed by atoms with Gasteiger partial charge >= 0.3 is 0 Å². The number of aryl methyl sites for hydroxylation is 2. The Morgan fingerprint density at radius 1 is 0.968 bits per heavy atom. The van der Waals surface area contributed by atoms with Crippen molar-refractivity contribution in [3.63, 3.8) is 0 Å². The minimum Gasteiger partial charge on any atom is -0.351 e. The lowest BCUT2D eigenvalue weighted by Crippen LogP contribution is -2.31. The van der Waals surface area contributed by atoms with Gasteiger partial charge in [-0.25, -0.2) is 0 Å². The number of nitrogens with zero attached hydrogens (tertiary/aromatic N) is 3. The molecule has 2 atom stereocenters. The fourth-order valence-electron chi connectivity index (χ4n) is 5.37. The summed E-state index contributed by atoms with van der Waals surface area (Å²) >= 11 is 5.91. The lowest BCUT2D eigenvalue weighted by molar-refractivity contribution is 0.340. The first kappa shape index (κ1) is 20.3. The van der Waals surface area contributed by atoms with Gasteiger partial charge in [0, 0.05) is 29.8 Å². The molecule has 5 heteroatoms. The van der Waals surface area contributed by atoms with E-state index in [0.29, 0.717) is 6.04 Å². The van der Waals surface area contributed by atoms with Crippen molar-refractivity contribution in [2.24, 2.45) is 0 Å². The number of nitrogens with one attached hydrogen (secondary N) is 1. The largest absolute Gasteiger partial charge is 0.351 e. The zero-order valence-corrected chi connectivity index (χ0v) is 19.1. The van der Waals surface area contributed by atoms with Crippen LogP contribution < -0.4 is 10.2 Å². The molecule has 160 valence electrons. The zero-order chi connectivity index (χ0) is 21.4. The SMILES string of the molecule is Cc1cc(C)cc(N2C(=S)NC(c3ccccn3)C2c2cccn2C2CCCCC2)c1. The summed E-state index contributed by atoms with van der Waals surface area (Å²) in [5, 5.41) is 4.37. The van der Waals surface area contributed by atoms with Crippen LogP contribution in [0.15, 0.2) is 60.9 Å². The fourth-order valence-corrected chi connectivity index (χ4v) is 5.72. The molecule has 1 aliphatic heterocycles. The van der Waals surface area contributed by atoms with Crippen LogP contribution in [0, 0.1) is 13.8 Å². The van der Waals surface area contributed by atoms with Crippen LogP contribution in [0.4, 0.5) is 5.69 Å². The Labute approximate surface area is 190 Å². The maximum atomic E-state index is 5.91. The summed E-state index contributed by atoms with van der Waals surface area (Å²) in [6.45, 7) is 4.30. The normalized spacial score (nSPS) is 22.0. The Bertz CT molecular complexity index is 1050. The Morgan fingerprint density at radius 2 is 1.74 bits per heavy atom. The second kappa shape index (κ2) is 8.46. The molecule has 0 spiro atoms. The average molecular weight is 431 g/mol. The van der Waals surface area contributed by atoms with Gasteiger partial charge in [-0.1, -0.05) is 31.4 Å². The van der Waals surface area contributed by atoms with Crippen molar-refractivity contribution in [2.75, 3.05) is 4.90 Å². The molecule has 1 aromatic carbocycles. The molecular weight excluding hydrogens is 400 g/mol. The Hall–Kier alpha value is -2.66. The number of pyridine rings is 1. The van der Waals surface area contributed by atoms with E-state index >= 15 is 0 Å². The second-order valence-electron chi connectivity index (χ2n) is 8.97. The van der Waals surface area contributed by atoms with Crippen molar-refractivity contribution < 1.29 is 0 Å². The van der Waals surface area contributed by atoms with Crippen molar-refractivity contribution in [3.05, 3.63) is 83.4 Å². The number of benzene rings is 1. The van der Waals surface area contributed by atoms with E-state index in [2.05, 4.69) is 77.3 Å². The number of anilines is 1. The third kappa shape index (κ3) is 3.87. The van der Waals surface area contributed by atoms with Crippen LogP contribution >= 0.6 is 12.2 Å². The molecular formula is C26H30N4S. The van der Waals surface area contributed by atoms with Gasteiger partial charge in [-0.2, -0.15) is 0 Å². The van der Waals surface area contributed by atoms with Gasteiger partial charge in [0.05, 0.1) is 11.7 Å². The minimum atomic E-state index is 0.00626. The molecule has 1 saturated carbocycles. The van der Waals surface area contributed by atoms with Crippen molar-refractivity contribution in [3.8, 4) is 0 Å². The number of aromatic nitrogens is 2. The zero-order valence-electron chi connectivity index (χ0n) is 18.3. The summed E-state index contributed by atoms with van der Waals surface area (Å²) in [6.07, 6.45) is 10.6. The van der Waals surface area contributed by atoms with Gasteiger partial charge in [-0.05, 0) is 86.4 Å². The van der Waals surface area contributed by atoms with Gasteiger partial charge in [0.2, 0.25) is 0 Å². The highest BCUT2D eigenvalue weighted by molar-refractivity contribution is 7.80. The van der Waals surface area contributed by atoms with Crippen molar-refractivity contribution in [1.29, 1.82) is 0 Å². The standard InChI is InChI=1S/C26H30N4S/c1-18-15-19(2)17-21(16-18)30-25(24(28-26(30)31)22-11-6-7-13-27-22)23-12-8-14-29(23)20-9-4-3-5-10-20/h6-8,11-17,20,24-25H,3-5,9-10H2,1-2H3,(H,28,31). The van der Waals surface area contributed by atoms with Crippen LogP contribution in [-0.2, 0) is 0 Å². The molecule has 2 aromatic heterocycles. The molecule has 31 heavy (non-hydrogen) atoms. The number of hydrogen-bond acceptors (Lipinski definition) is 2. The van der Waals surface area contributed by atoms with E-state index in [1.54, 1.807) is 0 Å². The topological polar surface area (TPSA) is 33.1 Å². The molecule has 0 radical (unpaired) electrons. The van der Waals surface area contributed by atoms with Crippen molar-refractivity contribution in [2.45, 2.75) is 64.1 Å². The van der Waals surface area contributed by atoms with Crippen LogP contribution in [0.5, 0.6) is 0 Å². The number of rotatable bonds is 4. The van der Waals surface area contributed by atoms with E-state index < -0.39 is 0 Å². The summed E-state index contributed by atoms with van der Waals surface area (Å²) in [7, 11) is 0. The van der Waals surface area contributed by atoms with Crippen molar-refractivity contribution in [1.82, 2.24) is 14.9 Å². The quantitative estimate of drug-likeness (QED) is 0.501. The molecule has 4 nitrogen and oxygen atoms in total. The maximum Gasteiger partial charge on any atom is 0.174 e. The van der Waals surface area contributed by atoms with Gasteiger partial charge in [-0.15, -0.1) is 0 Å². The predicted octanol–water partition coefficient (Wildman–Crippen LogP) is 6.18. The molecule has 1 saturated heterocycles. The van der Waals surface area contributed by atoms with Crippen LogP contribution in [0.2, 0.25) is 0 Å². The van der Waals surface area contributed by atoms with Gasteiger partial charge in [0.25, 0.3) is 0 Å². The smallest absolute Gasteiger partial charge is 0.174 e. The first-order valence-electron chi connectivity index (χ1n) is 11.4. The Kier molecular flexibility index (Phi) is 5.53. The van der Waals surface area contributed by atoms with E-state index in [1.807, 2.05) is 12.3 Å². The third-order valence-electron chi connectivity index (χ3n) is 6.67. The summed E-state index contributed by atoms with van der Waals surface area (Å²) in [6, 6.07) is 17.9. The lowest BCUT2D eigenvalue weighted by atomic mass is 9.94. The van der Waals surface area contributed by atoms with E-state index in [-0.39, 0.29) is 12.1 Å². The predicted molar refractivity (Wildman–Crippen MR) is 130 cm³/mol. The lowest BCUT2D eigenvalue weighted by Gasteiger charge is -2.32. The molecule has 1 aliphatic carbocycles. The van der Waals surface area contributed by atoms with Gasteiger partial charge < -0.3 is 14.8 Å². The molecule has 2 unspecified atom stereocenters. The maximum absolute atomic E-state index is 5.91. The molecule has 3 heterocycles. The van der Waals surface area contributed by atoms with Gasteiger partial charge in [-0.3, -0.25) is 4.98 Å². The molecule has 2 fully saturated rings. The molecule has 2 aliphatic rings. The van der Waals surface area contributed by atoms with Crippen LogP contribution in [-0.4, -0.2) is 14.7 Å². The van der Waals surface area contributed by atoms with E-state index in [0.717, 1.165) is 16.5 Å². The van der Waals surface area contributed by atoms with Crippen LogP contribution in [0.3, 0.4) is 0 Å². The van der Waals surface area contributed by atoms with E-state index in [9.17, 15) is 0 Å². The molecule has 5 rings (SSSR count). The highest BCUT2D eigenvalue weighted by atomic mass is 32.1. The molecule has 0 amide bonds. The number of hydrogen-bond donors (Lipinski definition) is 1. The number of thiocarbonyl (C=S) groups is 1. The minimum absolute atomic E-state index is 0.00626. The van der Waals surface area contributed by atoms with Crippen LogP contribution in [0.25, 0.3) is 0 Å². The Balaban J connectivity index is 1.63. The highest BCUT2D eigenvalue weighted by Crippen LogP contribution is 2.43. The molecule has 3 aromatic rings. The summed E-state index contributed by atoms with van der Waals surface area (Å²) < 4.78 is 2.52. The molecule has 1 N–H and O–H groups in total. The van der Waals surface area contributed by atoms with Gasteiger partial charge in [0.15, 0.2) is 5.11 Å². The second-order valence-corrected chi connectivity index (χ2v) is 9.36. The van der Waals surface area contributed by atoms with E-state index in [1.165, 1.54) is 48.9 Å². The summed E-state index contributed by atoms with van der Waals surface area (Å²) in [5.41, 5.74) is 5.99. The van der Waals surface area contributed by atoms with Crippen LogP contribution in [0.1, 0.15) is 72.7 Å². The molecule has 0 bridgehead atoms. The van der Waals surface area contributed by atoms with Gasteiger partial charge in [0.1, 0.15) is 6.04 Å². The van der Waals surface area contributed by atoms with Crippen molar-refractivity contribution >= 4 is 23.0 Å². The monoisotopic (exact) mass is 430 g/mol. The summed E-state index contributed by atoms with van der Waals surface area (Å²) in [4.78, 5) is 7.01. The Morgan fingerprint density at radius 3 is 2.45 bits per heavy atom. The first-order chi connectivity index (χ1) is 15.1. The average Bonchev–Trinajstić information content (AvgIpc) is 3.38. The van der Waals surface area contributed by atoms with E-state index in [4.69, 9.17) is 17.2 Å². The highest BCUT2D eigenvalue weighted by Gasteiger charge is 2.42. The summed E-state index contributed by atoms with van der Waals surface area (Å²) in [5.74, 6) is 0.